The lowest BCUT2D eigenvalue weighted by Gasteiger charge is -2.36. The van der Waals surface area contributed by atoms with Crippen LogP contribution in [0.5, 0.6) is 0 Å². The minimum atomic E-state index is -0.0264. The number of aromatic amines is 1. The SMILES string of the molecule is O=C1NCc2c(-c3cnn4ccccc34)ccc(-c3nc4c([nH]3)CN(C3CCCCC3)CC4)c21. The highest BCUT2D eigenvalue weighted by Crippen LogP contribution is 2.37. The van der Waals surface area contributed by atoms with Gasteiger partial charge >= 0.3 is 0 Å². The quantitative estimate of drug-likeness (QED) is 0.485. The van der Waals surface area contributed by atoms with Crippen molar-refractivity contribution in [3.05, 3.63) is 65.2 Å². The van der Waals surface area contributed by atoms with Gasteiger partial charge in [-0.15, -0.1) is 0 Å². The lowest BCUT2D eigenvalue weighted by molar-refractivity contribution is 0.0966. The van der Waals surface area contributed by atoms with Crippen LogP contribution in [0.2, 0.25) is 0 Å². The summed E-state index contributed by atoms with van der Waals surface area (Å²) in [5.41, 5.74) is 8.16. The number of fused-ring (bicyclic) bond motifs is 3. The summed E-state index contributed by atoms with van der Waals surface area (Å²) in [5.74, 6) is 0.789. The molecule has 0 saturated heterocycles. The highest BCUT2D eigenvalue weighted by atomic mass is 16.1. The highest BCUT2D eigenvalue weighted by molar-refractivity contribution is 6.06. The molecule has 0 radical (unpaired) electrons. The van der Waals surface area contributed by atoms with E-state index >= 15 is 0 Å². The third kappa shape index (κ3) is 3.10. The fourth-order valence-electron chi connectivity index (χ4n) is 6.14. The van der Waals surface area contributed by atoms with Gasteiger partial charge in [-0.3, -0.25) is 9.69 Å². The van der Waals surface area contributed by atoms with Crippen molar-refractivity contribution in [3.8, 4) is 22.5 Å². The van der Waals surface area contributed by atoms with Gasteiger partial charge in [0.2, 0.25) is 0 Å². The predicted molar refractivity (Wildman–Crippen MR) is 130 cm³/mol. The molecule has 7 nitrogen and oxygen atoms in total. The second-order valence-corrected chi connectivity index (χ2v) is 9.81. The minimum absolute atomic E-state index is 0.0264. The molecular formula is C27H28N6O. The molecule has 1 saturated carbocycles. The zero-order valence-electron chi connectivity index (χ0n) is 19.2. The first-order valence-electron chi connectivity index (χ1n) is 12.5. The van der Waals surface area contributed by atoms with E-state index in [4.69, 9.17) is 4.98 Å². The molecule has 1 aromatic carbocycles. The van der Waals surface area contributed by atoms with Crippen molar-refractivity contribution in [2.45, 2.75) is 57.7 Å². The zero-order chi connectivity index (χ0) is 22.6. The van der Waals surface area contributed by atoms with Gasteiger partial charge in [-0.05, 0) is 42.2 Å². The van der Waals surface area contributed by atoms with E-state index in [1.807, 2.05) is 29.0 Å². The van der Waals surface area contributed by atoms with E-state index in [1.54, 1.807) is 0 Å². The summed E-state index contributed by atoms with van der Waals surface area (Å²) in [6.45, 7) is 2.54. The van der Waals surface area contributed by atoms with Gasteiger partial charge in [0.05, 0.1) is 28.7 Å². The zero-order valence-corrected chi connectivity index (χ0v) is 19.2. The van der Waals surface area contributed by atoms with Crippen LogP contribution < -0.4 is 5.32 Å². The van der Waals surface area contributed by atoms with Crippen LogP contribution in [0.4, 0.5) is 0 Å². The molecule has 172 valence electrons. The van der Waals surface area contributed by atoms with Gasteiger partial charge in [0.25, 0.3) is 5.91 Å². The van der Waals surface area contributed by atoms with Gasteiger partial charge in [0, 0.05) is 49.4 Å². The van der Waals surface area contributed by atoms with Gasteiger partial charge in [-0.1, -0.05) is 31.4 Å². The van der Waals surface area contributed by atoms with Crippen LogP contribution in [-0.4, -0.2) is 43.0 Å². The van der Waals surface area contributed by atoms with Crippen molar-refractivity contribution in [3.63, 3.8) is 0 Å². The number of amides is 1. The molecule has 34 heavy (non-hydrogen) atoms. The van der Waals surface area contributed by atoms with Crippen molar-refractivity contribution >= 4 is 11.4 Å². The van der Waals surface area contributed by atoms with Crippen LogP contribution in [0, 0.1) is 0 Å². The molecule has 3 aliphatic rings. The molecule has 3 aromatic heterocycles. The van der Waals surface area contributed by atoms with Crippen molar-refractivity contribution < 1.29 is 4.79 Å². The van der Waals surface area contributed by atoms with E-state index < -0.39 is 0 Å². The third-order valence-electron chi connectivity index (χ3n) is 7.89. The van der Waals surface area contributed by atoms with Crippen molar-refractivity contribution in [1.82, 2.24) is 29.8 Å². The van der Waals surface area contributed by atoms with Crippen LogP contribution in [0.1, 0.15) is 59.4 Å². The first kappa shape index (κ1) is 20.0. The summed E-state index contributed by atoms with van der Waals surface area (Å²) in [5, 5.41) is 7.54. The van der Waals surface area contributed by atoms with Gasteiger partial charge in [0.1, 0.15) is 5.82 Å². The van der Waals surface area contributed by atoms with Crippen LogP contribution in [-0.2, 0) is 19.5 Å². The number of carbonyl (C=O) groups is 1. The first-order chi connectivity index (χ1) is 16.8. The Hall–Kier alpha value is -3.45. The van der Waals surface area contributed by atoms with E-state index in [0.717, 1.165) is 64.4 Å². The van der Waals surface area contributed by atoms with E-state index in [-0.39, 0.29) is 5.91 Å². The van der Waals surface area contributed by atoms with Crippen LogP contribution in [0.25, 0.3) is 28.0 Å². The number of aromatic nitrogens is 4. The summed E-state index contributed by atoms with van der Waals surface area (Å²) in [7, 11) is 0. The lowest BCUT2D eigenvalue weighted by atomic mass is 9.93. The molecular weight excluding hydrogens is 424 g/mol. The summed E-state index contributed by atoms with van der Waals surface area (Å²) >= 11 is 0. The summed E-state index contributed by atoms with van der Waals surface area (Å²) < 4.78 is 1.87. The maximum Gasteiger partial charge on any atom is 0.252 e. The molecule has 1 amide bonds. The van der Waals surface area contributed by atoms with E-state index in [1.165, 1.54) is 37.8 Å². The molecule has 7 heteroatoms. The van der Waals surface area contributed by atoms with Crippen molar-refractivity contribution in [2.75, 3.05) is 6.54 Å². The molecule has 0 unspecified atom stereocenters. The Kier molecular flexibility index (Phi) is 4.58. The Morgan fingerprint density at radius 1 is 1.00 bits per heavy atom. The maximum absolute atomic E-state index is 13.0. The molecule has 0 bridgehead atoms. The van der Waals surface area contributed by atoms with Gasteiger partial charge in [-0.25, -0.2) is 9.50 Å². The fraction of sp³-hybridized carbons (Fsp3) is 0.370. The number of imidazole rings is 1. The number of pyridine rings is 1. The number of nitrogens with zero attached hydrogens (tertiary/aromatic N) is 4. The number of carbonyl (C=O) groups excluding carboxylic acids is 1. The van der Waals surface area contributed by atoms with Crippen LogP contribution in [0.3, 0.4) is 0 Å². The molecule has 0 spiro atoms. The number of hydrogen-bond acceptors (Lipinski definition) is 4. The number of nitrogens with one attached hydrogen (secondary N) is 2. The number of benzene rings is 1. The molecule has 4 aromatic rings. The molecule has 5 heterocycles. The molecule has 1 aliphatic carbocycles. The molecule has 2 aliphatic heterocycles. The largest absolute Gasteiger partial charge is 0.348 e. The van der Waals surface area contributed by atoms with Gasteiger partial charge in [0.15, 0.2) is 0 Å². The Labute approximate surface area is 198 Å². The minimum Gasteiger partial charge on any atom is -0.348 e. The Bertz CT molecular complexity index is 1410. The van der Waals surface area contributed by atoms with Crippen molar-refractivity contribution in [2.24, 2.45) is 0 Å². The molecule has 1 fully saturated rings. The van der Waals surface area contributed by atoms with Crippen molar-refractivity contribution in [1.29, 1.82) is 0 Å². The normalized spacial score (nSPS) is 18.8. The molecule has 0 atom stereocenters. The summed E-state index contributed by atoms with van der Waals surface area (Å²) in [4.78, 5) is 24.2. The number of hydrogen-bond donors (Lipinski definition) is 2. The molecule has 2 N–H and O–H groups in total. The average molecular weight is 453 g/mol. The molecule has 7 rings (SSSR count). The second-order valence-electron chi connectivity index (χ2n) is 9.81. The Morgan fingerprint density at radius 3 is 2.79 bits per heavy atom. The topological polar surface area (TPSA) is 78.3 Å². The average Bonchev–Trinajstić information content (AvgIpc) is 3.61. The van der Waals surface area contributed by atoms with Gasteiger partial charge < -0.3 is 10.3 Å². The fourth-order valence-corrected chi connectivity index (χ4v) is 6.14. The predicted octanol–water partition coefficient (Wildman–Crippen LogP) is 4.33. The number of rotatable bonds is 3. The second kappa shape index (κ2) is 7.81. The summed E-state index contributed by atoms with van der Waals surface area (Å²) in [6, 6.07) is 10.9. The standard InChI is InChI=1S/C27H28N6O/c34-27-25-19(26-30-22-11-13-32(16-23(22)31-26)17-6-2-1-3-7-17)10-9-18(21(25)14-28-27)20-15-29-33-12-5-4-8-24(20)33/h4-5,8-10,12,15,17H,1-3,6-7,11,13-14,16H2,(H,28,34)(H,30,31). The lowest BCUT2D eigenvalue weighted by Crippen LogP contribution is -2.40. The van der Waals surface area contributed by atoms with Crippen LogP contribution in [0.15, 0.2) is 42.7 Å². The smallest absolute Gasteiger partial charge is 0.252 e. The third-order valence-corrected chi connectivity index (χ3v) is 7.89. The van der Waals surface area contributed by atoms with E-state index in [2.05, 4.69) is 38.5 Å². The summed E-state index contributed by atoms with van der Waals surface area (Å²) in [6.07, 6.45) is 11.5. The number of H-pyrrole nitrogens is 1. The highest BCUT2D eigenvalue weighted by Gasteiger charge is 2.31. The van der Waals surface area contributed by atoms with Gasteiger partial charge in [-0.2, -0.15) is 5.10 Å². The monoisotopic (exact) mass is 452 g/mol. The Morgan fingerprint density at radius 2 is 1.88 bits per heavy atom. The maximum atomic E-state index is 13.0. The Balaban J connectivity index is 1.27. The van der Waals surface area contributed by atoms with Crippen LogP contribution >= 0.6 is 0 Å². The van der Waals surface area contributed by atoms with E-state index in [0.29, 0.717) is 12.6 Å². The first-order valence-corrected chi connectivity index (χ1v) is 12.5. The van der Waals surface area contributed by atoms with E-state index in [9.17, 15) is 4.79 Å².